The summed E-state index contributed by atoms with van der Waals surface area (Å²) >= 11 is 0. The number of benzene rings is 1. The van der Waals surface area contributed by atoms with Gasteiger partial charge in [0.25, 0.3) is 11.9 Å². The molecule has 28 heavy (non-hydrogen) atoms. The van der Waals surface area contributed by atoms with Gasteiger partial charge in [-0.3, -0.25) is 9.89 Å². The van der Waals surface area contributed by atoms with E-state index in [0.717, 1.165) is 22.5 Å². The minimum atomic E-state index is -0.0369. The summed E-state index contributed by atoms with van der Waals surface area (Å²) < 4.78 is 7.81. The van der Waals surface area contributed by atoms with E-state index >= 15 is 0 Å². The van der Waals surface area contributed by atoms with E-state index < -0.39 is 0 Å². The van der Waals surface area contributed by atoms with Gasteiger partial charge in [-0.1, -0.05) is 12.1 Å². The molecule has 5 rings (SSSR count). The van der Waals surface area contributed by atoms with Crippen LogP contribution in [-0.2, 0) is 7.05 Å². The van der Waals surface area contributed by atoms with E-state index in [1.165, 1.54) is 0 Å². The Morgan fingerprint density at radius 2 is 1.93 bits per heavy atom. The van der Waals surface area contributed by atoms with Crippen molar-refractivity contribution < 1.29 is 9.21 Å². The van der Waals surface area contributed by atoms with Crippen LogP contribution in [0.25, 0.3) is 22.5 Å². The zero-order valence-electron chi connectivity index (χ0n) is 15.5. The molecular weight excluding hydrogens is 356 g/mol. The molecule has 1 amide bonds. The van der Waals surface area contributed by atoms with E-state index in [4.69, 9.17) is 4.42 Å². The van der Waals surface area contributed by atoms with E-state index in [9.17, 15) is 4.79 Å². The predicted octanol–water partition coefficient (Wildman–Crippen LogP) is 2.52. The Hall–Kier alpha value is -3.55. The van der Waals surface area contributed by atoms with Gasteiger partial charge in [-0.25, -0.2) is 0 Å². The van der Waals surface area contributed by atoms with Crippen LogP contribution in [0.3, 0.4) is 0 Å². The van der Waals surface area contributed by atoms with Crippen molar-refractivity contribution in [3.05, 3.63) is 54.4 Å². The number of aryl methyl sites for hydroxylation is 1. The number of aromatic nitrogens is 4. The predicted molar refractivity (Wildman–Crippen MR) is 105 cm³/mol. The van der Waals surface area contributed by atoms with E-state index in [0.29, 0.717) is 37.9 Å². The second kappa shape index (κ2) is 6.56. The summed E-state index contributed by atoms with van der Waals surface area (Å²) in [6, 6.07) is 14.1. The number of fused-ring (bicyclic) bond motifs is 1. The molecule has 1 aromatic carbocycles. The number of para-hydroxylation sites is 2. The average Bonchev–Trinajstić information content (AvgIpc) is 3.46. The van der Waals surface area contributed by atoms with E-state index in [-0.39, 0.29) is 5.91 Å². The number of amides is 1. The smallest absolute Gasteiger partial charge is 0.298 e. The number of hydrogen-bond donors (Lipinski definition) is 1. The first-order chi connectivity index (χ1) is 13.7. The Balaban J connectivity index is 1.27. The SMILES string of the molecule is Cn1cccc1-c1cc(C(=O)N2CCN(c3nc4ccccc4o3)CC2)[nH]n1. The number of aromatic amines is 1. The number of H-pyrrole nitrogens is 1. The normalized spacial score (nSPS) is 14.8. The molecule has 0 unspecified atom stereocenters. The number of carbonyl (C=O) groups is 1. The van der Waals surface area contributed by atoms with Crippen LogP contribution in [0, 0.1) is 0 Å². The zero-order valence-corrected chi connectivity index (χ0v) is 15.5. The molecule has 8 nitrogen and oxygen atoms in total. The topological polar surface area (TPSA) is 83.2 Å². The second-order valence-corrected chi connectivity index (χ2v) is 6.91. The molecule has 8 heteroatoms. The Kier molecular flexibility index (Phi) is 3.89. The molecular formula is C20H20N6O2. The van der Waals surface area contributed by atoms with Gasteiger partial charge in [0.2, 0.25) is 0 Å². The fourth-order valence-electron chi connectivity index (χ4n) is 3.56. The summed E-state index contributed by atoms with van der Waals surface area (Å²) in [6.45, 7) is 2.57. The highest BCUT2D eigenvalue weighted by atomic mass is 16.4. The minimum absolute atomic E-state index is 0.0369. The quantitative estimate of drug-likeness (QED) is 0.594. The van der Waals surface area contributed by atoms with Gasteiger partial charge in [0.15, 0.2) is 5.58 Å². The maximum Gasteiger partial charge on any atom is 0.298 e. The highest BCUT2D eigenvalue weighted by molar-refractivity contribution is 5.93. The van der Waals surface area contributed by atoms with Crippen molar-refractivity contribution >= 4 is 23.0 Å². The van der Waals surface area contributed by atoms with Gasteiger partial charge in [0.05, 0.1) is 5.69 Å². The van der Waals surface area contributed by atoms with Gasteiger partial charge in [0, 0.05) is 39.4 Å². The lowest BCUT2D eigenvalue weighted by molar-refractivity contribution is 0.0739. The third-order valence-electron chi connectivity index (χ3n) is 5.13. The molecule has 4 aromatic rings. The summed E-state index contributed by atoms with van der Waals surface area (Å²) in [5, 5.41) is 7.17. The number of carbonyl (C=O) groups excluding carboxylic acids is 1. The standard InChI is InChI=1S/C20H20N6O2/c1-24-8-4-6-17(24)15-13-16(23-22-15)19(27)25-9-11-26(12-10-25)20-21-14-5-2-3-7-18(14)28-20/h2-8,13H,9-12H2,1H3,(H,22,23). The van der Waals surface area contributed by atoms with Crippen LogP contribution < -0.4 is 4.90 Å². The van der Waals surface area contributed by atoms with Gasteiger partial charge in [-0.05, 0) is 30.3 Å². The molecule has 142 valence electrons. The summed E-state index contributed by atoms with van der Waals surface area (Å²) in [4.78, 5) is 21.3. The number of oxazole rings is 1. The fraction of sp³-hybridized carbons (Fsp3) is 0.250. The van der Waals surface area contributed by atoms with Gasteiger partial charge < -0.3 is 18.8 Å². The lowest BCUT2D eigenvalue weighted by Gasteiger charge is -2.33. The fourth-order valence-corrected chi connectivity index (χ4v) is 3.56. The van der Waals surface area contributed by atoms with Crippen LogP contribution in [-0.4, -0.2) is 56.7 Å². The minimum Gasteiger partial charge on any atom is -0.423 e. The lowest BCUT2D eigenvalue weighted by Crippen LogP contribution is -2.49. The van der Waals surface area contributed by atoms with Crippen LogP contribution in [0.2, 0.25) is 0 Å². The summed E-state index contributed by atoms with van der Waals surface area (Å²) in [6.07, 6.45) is 1.96. The molecule has 4 heterocycles. The number of piperazine rings is 1. The third kappa shape index (κ3) is 2.83. The number of rotatable bonds is 3. The monoisotopic (exact) mass is 376 g/mol. The third-order valence-corrected chi connectivity index (χ3v) is 5.13. The zero-order chi connectivity index (χ0) is 19.1. The summed E-state index contributed by atoms with van der Waals surface area (Å²) in [5.74, 6) is -0.0369. The Morgan fingerprint density at radius 1 is 1.11 bits per heavy atom. The number of nitrogens with zero attached hydrogens (tertiary/aromatic N) is 5. The number of anilines is 1. The molecule has 1 N–H and O–H groups in total. The molecule has 0 aliphatic carbocycles. The largest absolute Gasteiger partial charge is 0.423 e. The van der Waals surface area contributed by atoms with Gasteiger partial charge in [0.1, 0.15) is 16.9 Å². The maximum atomic E-state index is 12.8. The van der Waals surface area contributed by atoms with Crippen molar-refractivity contribution in [1.29, 1.82) is 0 Å². The Labute approximate surface area is 161 Å². The van der Waals surface area contributed by atoms with Crippen molar-refractivity contribution in [3.8, 4) is 11.4 Å². The maximum absolute atomic E-state index is 12.8. The lowest BCUT2D eigenvalue weighted by atomic mass is 10.2. The summed E-state index contributed by atoms with van der Waals surface area (Å²) in [7, 11) is 1.96. The van der Waals surface area contributed by atoms with Gasteiger partial charge >= 0.3 is 0 Å². The van der Waals surface area contributed by atoms with Crippen LogP contribution in [0.5, 0.6) is 0 Å². The van der Waals surface area contributed by atoms with Crippen molar-refractivity contribution in [1.82, 2.24) is 24.6 Å². The van der Waals surface area contributed by atoms with E-state index in [2.05, 4.69) is 20.1 Å². The first kappa shape index (κ1) is 16.6. The highest BCUT2D eigenvalue weighted by Crippen LogP contribution is 2.23. The van der Waals surface area contributed by atoms with Gasteiger partial charge in [-0.2, -0.15) is 10.1 Å². The highest BCUT2D eigenvalue weighted by Gasteiger charge is 2.26. The molecule has 0 radical (unpaired) electrons. The molecule has 0 atom stereocenters. The molecule has 1 saturated heterocycles. The van der Waals surface area contributed by atoms with Gasteiger partial charge in [-0.15, -0.1) is 0 Å². The first-order valence-corrected chi connectivity index (χ1v) is 9.26. The molecule has 0 bridgehead atoms. The van der Waals surface area contributed by atoms with Crippen LogP contribution in [0.4, 0.5) is 6.01 Å². The first-order valence-electron chi connectivity index (χ1n) is 9.26. The molecule has 1 fully saturated rings. The second-order valence-electron chi connectivity index (χ2n) is 6.91. The number of hydrogen-bond acceptors (Lipinski definition) is 5. The van der Waals surface area contributed by atoms with Crippen LogP contribution in [0.1, 0.15) is 10.5 Å². The van der Waals surface area contributed by atoms with Crippen molar-refractivity contribution in [2.75, 3.05) is 31.1 Å². The van der Waals surface area contributed by atoms with Crippen LogP contribution >= 0.6 is 0 Å². The Morgan fingerprint density at radius 3 is 2.68 bits per heavy atom. The van der Waals surface area contributed by atoms with Crippen molar-refractivity contribution in [2.45, 2.75) is 0 Å². The number of nitrogens with one attached hydrogen (secondary N) is 1. The van der Waals surface area contributed by atoms with Crippen molar-refractivity contribution in [2.24, 2.45) is 7.05 Å². The molecule has 0 saturated carbocycles. The van der Waals surface area contributed by atoms with Crippen molar-refractivity contribution in [3.63, 3.8) is 0 Å². The van der Waals surface area contributed by atoms with Crippen LogP contribution in [0.15, 0.2) is 53.1 Å². The average molecular weight is 376 g/mol. The van der Waals surface area contributed by atoms with E-state index in [1.807, 2.05) is 65.2 Å². The molecule has 0 spiro atoms. The Bertz CT molecular complexity index is 1100. The van der Waals surface area contributed by atoms with E-state index in [1.54, 1.807) is 0 Å². The molecule has 1 aliphatic rings. The summed E-state index contributed by atoms with van der Waals surface area (Å²) in [5.41, 5.74) is 3.87. The molecule has 1 aliphatic heterocycles. The molecule has 3 aromatic heterocycles.